The lowest BCUT2D eigenvalue weighted by atomic mass is 9.90. The molecule has 1 aliphatic heterocycles. The van der Waals surface area contributed by atoms with E-state index in [1.54, 1.807) is 4.90 Å². The van der Waals surface area contributed by atoms with Crippen molar-refractivity contribution in [3.05, 3.63) is 0 Å². The first-order valence-electron chi connectivity index (χ1n) is 6.82. The molecule has 0 aromatic carbocycles. The Morgan fingerprint density at radius 2 is 1.71 bits per heavy atom. The summed E-state index contributed by atoms with van der Waals surface area (Å²) in [6, 6.07) is 0.774. The van der Waals surface area contributed by atoms with Crippen LogP contribution in [-0.4, -0.2) is 35.3 Å². The molecule has 1 saturated heterocycles. The molecule has 4 nitrogen and oxygen atoms in total. The van der Waals surface area contributed by atoms with Crippen LogP contribution in [0.25, 0.3) is 0 Å². The predicted octanol–water partition coefficient (Wildman–Crippen LogP) is 0.912. The highest BCUT2D eigenvalue weighted by molar-refractivity contribution is 6.09. The lowest BCUT2D eigenvalue weighted by Gasteiger charge is -2.34. The van der Waals surface area contributed by atoms with E-state index in [4.69, 9.17) is 0 Å². The second-order valence-corrected chi connectivity index (χ2v) is 5.56. The maximum atomic E-state index is 12.0. The van der Waals surface area contributed by atoms with Crippen molar-refractivity contribution in [2.24, 2.45) is 11.8 Å². The van der Waals surface area contributed by atoms with E-state index in [0.717, 1.165) is 38.6 Å². The van der Waals surface area contributed by atoms with Crippen molar-refractivity contribution in [1.29, 1.82) is 0 Å². The molecule has 1 N–H and O–H groups in total. The summed E-state index contributed by atoms with van der Waals surface area (Å²) in [6.07, 6.45) is 4.96. The third-order valence-electron chi connectivity index (χ3n) is 4.45. The predicted molar refractivity (Wildman–Crippen MR) is 63.2 cm³/mol. The van der Waals surface area contributed by atoms with Gasteiger partial charge in [0, 0.05) is 12.1 Å². The van der Waals surface area contributed by atoms with Crippen LogP contribution < -0.4 is 5.32 Å². The van der Waals surface area contributed by atoms with E-state index < -0.39 is 0 Å². The molecule has 1 heterocycles. The van der Waals surface area contributed by atoms with Crippen molar-refractivity contribution < 1.29 is 9.59 Å². The molecule has 0 bridgehead atoms. The Morgan fingerprint density at radius 1 is 1.12 bits per heavy atom. The number of nitrogens with one attached hydrogen (secondary N) is 1. The number of imide groups is 1. The molecule has 0 aromatic heterocycles. The molecule has 17 heavy (non-hydrogen) atoms. The first kappa shape index (κ1) is 11.2. The van der Waals surface area contributed by atoms with Crippen molar-refractivity contribution in [2.45, 2.75) is 51.1 Å². The number of piperidine rings is 1. The average Bonchev–Trinajstić information content (AvgIpc) is 3.07. The van der Waals surface area contributed by atoms with Gasteiger partial charge in [0.15, 0.2) is 0 Å². The number of fused-ring (bicyclic) bond motifs is 1. The summed E-state index contributed by atoms with van der Waals surface area (Å²) in [5.41, 5.74) is 0. The van der Waals surface area contributed by atoms with Gasteiger partial charge in [0.2, 0.25) is 11.8 Å². The summed E-state index contributed by atoms with van der Waals surface area (Å²) in [4.78, 5) is 25.5. The second kappa shape index (κ2) is 4.09. The number of rotatable bonds is 3. The zero-order chi connectivity index (χ0) is 12.0. The Bertz CT molecular complexity index is 327. The van der Waals surface area contributed by atoms with Crippen LogP contribution >= 0.6 is 0 Å². The fourth-order valence-corrected chi connectivity index (χ4v) is 3.39. The minimum absolute atomic E-state index is 0.0639. The quantitative estimate of drug-likeness (QED) is 0.741. The van der Waals surface area contributed by atoms with Gasteiger partial charge >= 0.3 is 0 Å². The topological polar surface area (TPSA) is 49.4 Å². The minimum atomic E-state index is 0.0639. The van der Waals surface area contributed by atoms with E-state index >= 15 is 0 Å². The Kier molecular flexibility index (Phi) is 2.69. The van der Waals surface area contributed by atoms with Gasteiger partial charge in [0.05, 0.1) is 11.8 Å². The Hall–Kier alpha value is -0.900. The van der Waals surface area contributed by atoms with Crippen molar-refractivity contribution >= 4 is 11.8 Å². The molecule has 0 spiro atoms. The van der Waals surface area contributed by atoms with E-state index in [1.807, 2.05) is 0 Å². The van der Waals surface area contributed by atoms with Gasteiger partial charge in [-0.1, -0.05) is 6.92 Å². The molecule has 4 heteroatoms. The zero-order valence-electron chi connectivity index (χ0n) is 10.3. The van der Waals surface area contributed by atoms with Crippen LogP contribution in [-0.2, 0) is 9.59 Å². The highest BCUT2D eigenvalue weighted by Crippen LogP contribution is 2.48. The standard InChI is InChI=1S/C13H20N2O2/c1-2-14-8-3-5-9(6-4-8)15-12(16)10-7-11(10)13(15)17/h8-11,14H,2-7H2,1H3. The van der Waals surface area contributed by atoms with E-state index in [1.165, 1.54) is 0 Å². The lowest BCUT2D eigenvalue weighted by Crippen LogP contribution is -2.46. The molecule has 2 saturated carbocycles. The Balaban J connectivity index is 1.60. The van der Waals surface area contributed by atoms with Gasteiger partial charge in [0.25, 0.3) is 0 Å². The first-order valence-corrected chi connectivity index (χ1v) is 6.82. The molecule has 2 aliphatic carbocycles. The number of likely N-dealkylation sites (tertiary alicyclic amines) is 1. The van der Waals surface area contributed by atoms with Crippen molar-refractivity contribution in [1.82, 2.24) is 10.2 Å². The summed E-state index contributed by atoms with van der Waals surface area (Å²) in [5.74, 6) is 0.363. The van der Waals surface area contributed by atoms with Crippen molar-refractivity contribution in [3.63, 3.8) is 0 Å². The zero-order valence-corrected chi connectivity index (χ0v) is 10.3. The molecule has 0 aromatic rings. The maximum Gasteiger partial charge on any atom is 0.233 e. The summed E-state index contributed by atoms with van der Waals surface area (Å²) in [7, 11) is 0. The van der Waals surface area contributed by atoms with Crippen LogP contribution in [0.2, 0.25) is 0 Å². The van der Waals surface area contributed by atoms with E-state index in [2.05, 4.69) is 12.2 Å². The third kappa shape index (κ3) is 1.79. The number of carbonyl (C=O) groups is 2. The fraction of sp³-hybridized carbons (Fsp3) is 0.846. The smallest absolute Gasteiger partial charge is 0.233 e. The number of hydrogen-bond acceptors (Lipinski definition) is 3. The van der Waals surface area contributed by atoms with Crippen LogP contribution in [0, 0.1) is 11.8 Å². The molecule has 3 rings (SSSR count). The van der Waals surface area contributed by atoms with Crippen LogP contribution in [0.5, 0.6) is 0 Å². The van der Waals surface area contributed by atoms with Gasteiger partial charge in [-0.3, -0.25) is 14.5 Å². The molecular formula is C13H20N2O2. The second-order valence-electron chi connectivity index (χ2n) is 5.56. The monoisotopic (exact) mass is 236 g/mol. The minimum Gasteiger partial charge on any atom is -0.314 e. The van der Waals surface area contributed by atoms with E-state index in [9.17, 15) is 9.59 Å². The van der Waals surface area contributed by atoms with Crippen molar-refractivity contribution in [3.8, 4) is 0 Å². The summed E-state index contributed by atoms with van der Waals surface area (Å²) >= 11 is 0. The molecule has 2 atom stereocenters. The SMILES string of the molecule is CCNC1CCC(N2C(=O)C3CC3C2=O)CC1. The highest BCUT2D eigenvalue weighted by Gasteiger charge is 2.60. The van der Waals surface area contributed by atoms with Gasteiger partial charge in [-0.15, -0.1) is 0 Å². The molecule has 2 unspecified atom stereocenters. The van der Waals surface area contributed by atoms with Crippen LogP contribution in [0.15, 0.2) is 0 Å². The fourth-order valence-electron chi connectivity index (χ4n) is 3.39. The van der Waals surface area contributed by atoms with Gasteiger partial charge < -0.3 is 5.32 Å². The van der Waals surface area contributed by atoms with Gasteiger partial charge in [0.1, 0.15) is 0 Å². The number of hydrogen-bond donors (Lipinski definition) is 1. The van der Waals surface area contributed by atoms with Gasteiger partial charge in [-0.2, -0.15) is 0 Å². The van der Waals surface area contributed by atoms with E-state index in [0.29, 0.717) is 6.04 Å². The molecule has 2 amide bonds. The normalized spacial score (nSPS) is 40.6. The Labute approximate surface area is 102 Å². The molecular weight excluding hydrogens is 216 g/mol. The molecule has 0 radical (unpaired) electrons. The summed E-state index contributed by atoms with van der Waals surface area (Å²) in [5, 5.41) is 3.45. The summed E-state index contributed by atoms with van der Waals surface area (Å²) in [6.45, 7) is 3.12. The van der Waals surface area contributed by atoms with Gasteiger partial charge in [-0.05, 0) is 38.6 Å². The lowest BCUT2D eigenvalue weighted by molar-refractivity contribution is -0.144. The van der Waals surface area contributed by atoms with Crippen LogP contribution in [0.1, 0.15) is 39.0 Å². The number of amides is 2. The maximum absolute atomic E-state index is 12.0. The number of carbonyl (C=O) groups excluding carboxylic acids is 2. The van der Waals surface area contributed by atoms with Crippen LogP contribution in [0.4, 0.5) is 0 Å². The molecule has 94 valence electrons. The van der Waals surface area contributed by atoms with Crippen molar-refractivity contribution in [2.75, 3.05) is 6.54 Å². The van der Waals surface area contributed by atoms with Gasteiger partial charge in [-0.25, -0.2) is 0 Å². The average molecular weight is 236 g/mol. The largest absolute Gasteiger partial charge is 0.314 e. The highest BCUT2D eigenvalue weighted by atomic mass is 16.2. The number of nitrogens with zero attached hydrogens (tertiary/aromatic N) is 1. The Morgan fingerprint density at radius 3 is 2.24 bits per heavy atom. The first-order chi connectivity index (χ1) is 8.22. The summed E-state index contributed by atoms with van der Waals surface area (Å²) < 4.78 is 0. The molecule has 3 fully saturated rings. The molecule has 3 aliphatic rings. The van der Waals surface area contributed by atoms with E-state index in [-0.39, 0.29) is 29.7 Å². The van der Waals surface area contributed by atoms with Crippen LogP contribution in [0.3, 0.4) is 0 Å². The third-order valence-corrected chi connectivity index (χ3v) is 4.45.